The highest BCUT2D eigenvalue weighted by Crippen LogP contribution is 2.38. The number of methoxy groups -OCH3 is 1. The molecule has 0 amide bonds. The highest BCUT2D eigenvalue weighted by atomic mass is 79.9. The topological polar surface area (TPSA) is 65.3 Å². The monoisotopic (exact) mass is 296 g/mol. The summed E-state index contributed by atoms with van der Waals surface area (Å²) in [6.45, 7) is 0. The van der Waals surface area contributed by atoms with Gasteiger partial charge in [-0.05, 0) is 0 Å². The van der Waals surface area contributed by atoms with E-state index >= 15 is 0 Å². The number of nitrogens with zero attached hydrogens (tertiary/aromatic N) is 2. The Balaban J connectivity index is 3.49. The standard InChI is InChI=1S/C8H7BrF2N2O3/c1-16-7-5(8(10)11)12-3-4(2-9)6(7)13(14)15/h3,8H,2H2,1H3. The van der Waals surface area contributed by atoms with Crippen LogP contribution in [0.5, 0.6) is 5.75 Å². The number of rotatable bonds is 4. The van der Waals surface area contributed by atoms with Crippen molar-refractivity contribution in [2.45, 2.75) is 11.8 Å². The van der Waals surface area contributed by atoms with Crippen molar-refractivity contribution in [2.24, 2.45) is 0 Å². The van der Waals surface area contributed by atoms with E-state index in [4.69, 9.17) is 0 Å². The van der Waals surface area contributed by atoms with E-state index in [2.05, 4.69) is 25.7 Å². The molecule has 0 fully saturated rings. The van der Waals surface area contributed by atoms with Crippen LogP contribution in [0.2, 0.25) is 0 Å². The summed E-state index contributed by atoms with van der Waals surface area (Å²) in [7, 11) is 1.09. The van der Waals surface area contributed by atoms with Gasteiger partial charge in [-0.25, -0.2) is 8.78 Å². The number of alkyl halides is 3. The zero-order chi connectivity index (χ0) is 12.3. The summed E-state index contributed by atoms with van der Waals surface area (Å²) in [4.78, 5) is 13.5. The second-order valence-electron chi connectivity index (χ2n) is 2.74. The average molecular weight is 297 g/mol. The number of ether oxygens (including phenoxy) is 1. The molecule has 5 nitrogen and oxygen atoms in total. The van der Waals surface area contributed by atoms with Gasteiger partial charge < -0.3 is 4.74 Å². The minimum absolute atomic E-state index is 0.135. The molecule has 88 valence electrons. The van der Waals surface area contributed by atoms with E-state index in [1.807, 2.05) is 0 Å². The molecular weight excluding hydrogens is 290 g/mol. The van der Waals surface area contributed by atoms with Crippen LogP contribution in [0.4, 0.5) is 14.5 Å². The molecule has 1 aromatic heterocycles. The lowest BCUT2D eigenvalue weighted by molar-refractivity contribution is -0.386. The van der Waals surface area contributed by atoms with Gasteiger partial charge in [0.1, 0.15) is 0 Å². The van der Waals surface area contributed by atoms with Crippen LogP contribution in [0.3, 0.4) is 0 Å². The Morgan fingerprint density at radius 2 is 2.31 bits per heavy atom. The molecule has 0 aliphatic heterocycles. The third-order valence-corrected chi connectivity index (χ3v) is 2.45. The number of aromatic nitrogens is 1. The second-order valence-corrected chi connectivity index (χ2v) is 3.30. The summed E-state index contributed by atoms with van der Waals surface area (Å²) >= 11 is 3.01. The summed E-state index contributed by atoms with van der Waals surface area (Å²) in [5.41, 5.74) is -1.02. The lowest BCUT2D eigenvalue weighted by atomic mass is 10.2. The van der Waals surface area contributed by atoms with Gasteiger partial charge in [-0.2, -0.15) is 0 Å². The fourth-order valence-corrected chi connectivity index (χ4v) is 1.60. The van der Waals surface area contributed by atoms with Gasteiger partial charge in [-0.15, -0.1) is 0 Å². The molecule has 16 heavy (non-hydrogen) atoms. The van der Waals surface area contributed by atoms with Crippen LogP contribution >= 0.6 is 15.9 Å². The smallest absolute Gasteiger partial charge is 0.318 e. The average Bonchev–Trinajstić information content (AvgIpc) is 2.26. The van der Waals surface area contributed by atoms with Crippen molar-refractivity contribution >= 4 is 21.6 Å². The maximum absolute atomic E-state index is 12.5. The van der Waals surface area contributed by atoms with Crippen LogP contribution in [0.25, 0.3) is 0 Å². The van der Waals surface area contributed by atoms with Crippen molar-refractivity contribution < 1.29 is 18.4 Å². The summed E-state index contributed by atoms with van der Waals surface area (Å²) in [6, 6.07) is 0. The largest absolute Gasteiger partial charge is 0.489 e. The number of pyridine rings is 1. The summed E-state index contributed by atoms with van der Waals surface area (Å²) < 4.78 is 29.7. The van der Waals surface area contributed by atoms with Crippen LogP contribution in [-0.2, 0) is 5.33 Å². The summed E-state index contributed by atoms with van der Waals surface area (Å²) in [5, 5.41) is 10.9. The van der Waals surface area contributed by atoms with E-state index < -0.39 is 28.5 Å². The van der Waals surface area contributed by atoms with Crippen LogP contribution in [0, 0.1) is 10.1 Å². The third kappa shape index (κ3) is 2.26. The van der Waals surface area contributed by atoms with Gasteiger partial charge in [0.05, 0.1) is 17.6 Å². The Labute approximate surface area is 97.7 Å². The van der Waals surface area contributed by atoms with Gasteiger partial charge in [0.2, 0.25) is 5.75 Å². The fourth-order valence-electron chi connectivity index (χ4n) is 1.19. The van der Waals surface area contributed by atoms with Crippen LogP contribution in [0.15, 0.2) is 6.20 Å². The Hall–Kier alpha value is -1.31. The van der Waals surface area contributed by atoms with Crippen LogP contribution < -0.4 is 4.74 Å². The lowest BCUT2D eigenvalue weighted by Gasteiger charge is -2.09. The number of nitro groups is 1. The molecule has 0 unspecified atom stereocenters. The highest BCUT2D eigenvalue weighted by molar-refractivity contribution is 9.08. The first kappa shape index (κ1) is 12.8. The number of halogens is 3. The molecule has 0 N–H and O–H groups in total. The molecule has 0 saturated heterocycles. The first-order valence-corrected chi connectivity index (χ1v) is 5.19. The van der Waals surface area contributed by atoms with Gasteiger partial charge in [0.15, 0.2) is 5.69 Å². The molecule has 0 saturated carbocycles. The second kappa shape index (κ2) is 5.15. The zero-order valence-electron chi connectivity index (χ0n) is 8.11. The van der Waals surface area contributed by atoms with Crippen molar-refractivity contribution in [3.8, 4) is 5.75 Å². The molecule has 1 heterocycles. The molecule has 0 aliphatic rings. The van der Waals surface area contributed by atoms with E-state index in [0.29, 0.717) is 0 Å². The lowest BCUT2D eigenvalue weighted by Crippen LogP contribution is -2.04. The predicted molar refractivity (Wildman–Crippen MR) is 55.0 cm³/mol. The molecule has 0 atom stereocenters. The summed E-state index contributed by atoms with van der Waals surface area (Å²) in [6.07, 6.45) is -1.88. The Morgan fingerprint density at radius 1 is 1.69 bits per heavy atom. The maximum Gasteiger partial charge on any atom is 0.318 e. The molecule has 0 spiro atoms. The van der Waals surface area contributed by atoms with Crippen LogP contribution in [-0.4, -0.2) is 17.0 Å². The zero-order valence-corrected chi connectivity index (χ0v) is 9.70. The molecule has 0 radical (unpaired) electrons. The van der Waals surface area contributed by atoms with E-state index in [9.17, 15) is 18.9 Å². The van der Waals surface area contributed by atoms with Crippen molar-refractivity contribution in [1.29, 1.82) is 0 Å². The molecule has 0 bridgehead atoms. The first-order valence-electron chi connectivity index (χ1n) is 4.07. The normalized spacial score (nSPS) is 10.6. The Kier molecular flexibility index (Phi) is 4.11. The minimum Gasteiger partial charge on any atom is -0.489 e. The van der Waals surface area contributed by atoms with Gasteiger partial charge in [0.25, 0.3) is 6.43 Å². The molecule has 1 aromatic rings. The van der Waals surface area contributed by atoms with E-state index in [1.54, 1.807) is 0 Å². The third-order valence-electron chi connectivity index (χ3n) is 1.85. The van der Waals surface area contributed by atoms with Gasteiger partial charge >= 0.3 is 5.69 Å². The van der Waals surface area contributed by atoms with E-state index in [-0.39, 0.29) is 10.9 Å². The molecule has 8 heteroatoms. The molecule has 0 aliphatic carbocycles. The van der Waals surface area contributed by atoms with Crippen LogP contribution in [0.1, 0.15) is 17.7 Å². The van der Waals surface area contributed by atoms with Crippen molar-refractivity contribution in [3.05, 3.63) is 27.6 Å². The molecule has 0 aromatic carbocycles. The number of hydrogen-bond donors (Lipinski definition) is 0. The van der Waals surface area contributed by atoms with E-state index in [1.165, 1.54) is 0 Å². The van der Waals surface area contributed by atoms with Gasteiger partial charge in [-0.3, -0.25) is 15.1 Å². The van der Waals surface area contributed by atoms with Gasteiger partial charge in [0, 0.05) is 11.5 Å². The van der Waals surface area contributed by atoms with Crippen molar-refractivity contribution in [1.82, 2.24) is 4.98 Å². The molecular formula is C8H7BrF2N2O3. The quantitative estimate of drug-likeness (QED) is 0.487. The van der Waals surface area contributed by atoms with Crippen molar-refractivity contribution in [3.63, 3.8) is 0 Å². The number of hydrogen-bond acceptors (Lipinski definition) is 4. The van der Waals surface area contributed by atoms with Gasteiger partial charge in [-0.1, -0.05) is 15.9 Å². The first-order chi connectivity index (χ1) is 7.52. The maximum atomic E-state index is 12.5. The summed E-state index contributed by atoms with van der Waals surface area (Å²) in [5.74, 6) is -0.489. The predicted octanol–water partition coefficient (Wildman–Crippen LogP) is 2.83. The fraction of sp³-hybridized carbons (Fsp3) is 0.375. The Morgan fingerprint density at radius 3 is 2.69 bits per heavy atom. The minimum atomic E-state index is -2.92. The Bertz CT molecular complexity index is 415. The van der Waals surface area contributed by atoms with Crippen molar-refractivity contribution in [2.75, 3.05) is 7.11 Å². The highest BCUT2D eigenvalue weighted by Gasteiger charge is 2.28. The molecule has 1 rings (SSSR count). The van der Waals surface area contributed by atoms with E-state index in [0.717, 1.165) is 13.3 Å². The SMILES string of the molecule is COc1c(C(F)F)ncc(CBr)c1[N+](=O)[O-].